The fourth-order valence-corrected chi connectivity index (χ4v) is 2.18. The number of fused-ring (bicyclic) bond motifs is 1. The maximum absolute atomic E-state index is 11.4. The van der Waals surface area contributed by atoms with Crippen molar-refractivity contribution >= 4 is 16.7 Å². The summed E-state index contributed by atoms with van der Waals surface area (Å²) in [4.78, 5) is 11.4. The number of unbranched alkanes of at least 4 members (excludes halogenated alkanes) is 1. The number of esters is 1. The van der Waals surface area contributed by atoms with Crippen molar-refractivity contribution in [3.05, 3.63) is 48.0 Å². The van der Waals surface area contributed by atoms with Crippen LogP contribution in [-0.2, 0) is 16.0 Å². The topological polar surface area (TPSA) is 26.3 Å². The summed E-state index contributed by atoms with van der Waals surface area (Å²) in [6.07, 6.45) is 3.25. The van der Waals surface area contributed by atoms with Gasteiger partial charge in [-0.25, -0.2) is 0 Å². The van der Waals surface area contributed by atoms with Crippen molar-refractivity contribution in [1.82, 2.24) is 0 Å². The summed E-state index contributed by atoms with van der Waals surface area (Å²) in [7, 11) is 0. The SMILES string of the molecule is CCCCC(=O)OCCc1cccc2ccccc12. The van der Waals surface area contributed by atoms with Crippen LogP contribution in [0.5, 0.6) is 0 Å². The highest BCUT2D eigenvalue weighted by atomic mass is 16.5. The number of hydrogen-bond donors (Lipinski definition) is 0. The fourth-order valence-electron chi connectivity index (χ4n) is 2.18. The Labute approximate surface area is 114 Å². The van der Waals surface area contributed by atoms with Gasteiger partial charge < -0.3 is 4.74 Å². The minimum atomic E-state index is -0.0814. The molecule has 2 nitrogen and oxygen atoms in total. The van der Waals surface area contributed by atoms with Crippen LogP contribution in [0.15, 0.2) is 42.5 Å². The summed E-state index contributed by atoms with van der Waals surface area (Å²) < 4.78 is 5.26. The summed E-state index contributed by atoms with van der Waals surface area (Å²) >= 11 is 0. The van der Waals surface area contributed by atoms with Crippen molar-refractivity contribution < 1.29 is 9.53 Å². The van der Waals surface area contributed by atoms with Crippen LogP contribution >= 0.6 is 0 Å². The Hall–Kier alpha value is -1.83. The van der Waals surface area contributed by atoms with Crippen molar-refractivity contribution in [2.75, 3.05) is 6.61 Å². The predicted molar refractivity (Wildman–Crippen MR) is 78.1 cm³/mol. The molecule has 0 aliphatic heterocycles. The van der Waals surface area contributed by atoms with E-state index in [1.54, 1.807) is 0 Å². The molecule has 0 radical (unpaired) electrons. The second-order valence-electron chi connectivity index (χ2n) is 4.71. The molecule has 0 atom stereocenters. The lowest BCUT2D eigenvalue weighted by Gasteiger charge is -2.07. The fraction of sp³-hybridized carbons (Fsp3) is 0.353. The van der Waals surface area contributed by atoms with E-state index in [1.807, 2.05) is 12.1 Å². The molecule has 0 spiro atoms. The molecule has 0 N–H and O–H groups in total. The molecule has 0 heterocycles. The lowest BCUT2D eigenvalue weighted by atomic mass is 10.0. The first-order valence-electron chi connectivity index (χ1n) is 6.93. The number of hydrogen-bond acceptors (Lipinski definition) is 2. The standard InChI is InChI=1S/C17H20O2/c1-2-3-11-17(18)19-13-12-15-9-6-8-14-7-4-5-10-16(14)15/h4-10H,2-3,11-13H2,1H3. The van der Waals surface area contributed by atoms with Crippen molar-refractivity contribution in [2.24, 2.45) is 0 Å². The van der Waals surface area contributed by atoms with Crippen molar-refractivity contribution in [2.45, 2.75) is 32.6 Å². The van der Waals surface area contributed by atoms with E-state index in [1.165, 1.54) is 16.3 Å². The molecule has 0 amide bonds. The Bertz CT molecular complexity index is 540. The molecule has 0 aliphatic rings. The van der Waals surface area contributed by atoms with Crippen LogP contribution in [0.1, 0.15) is 31.7 Å². The van der Waals surface area contributed by atoms with Crippen molar-refractivity contribution in [3.63, 3.8) is 0 Å². The highest BCUT2D eigenvalue weighted by Crippen LogP contribution is 2.18. The van der Waals surface area contributed by atoms with Crippen LogP contribution in [0.2, 0.25) is 0 Å². The number of ether oxygens (including phenoxy) is 1. The molecule has 0 saturated heterocycles. The molecule has 2 aromatic carbocycles. The average Bonchev–Trinajstić information content (AvgIpc) is 2.45. The van der Waals surface area contributed by atoms with Crippen LogP contribution < -0.4 is 0 Å². The van der Waals surface area contributed by atoms with Crippen LogP contribution in [0.25, 0.3) is 10.8 Å². The Kier molecular flexibility index (Phi) is 4.96. The first kappa shape index (κ1) is 13.6. The summed E-state index contributed by atoms with van der Waals surface area (Å²) in [5.74, 6) is -0.0814. The van der Waals surface area contributed by atoms with Gasteiger partial charge in [-0.3, -0.25) is 4.79 Å². The van der Waals surface area contributed by atoms with Gasteiger partial charge >= 0.3 is 5.97 Å². The van der Waals surface area contributed by atoms with Gasteiger partial charge in [-0.05, 0) is 22.8 Å². The molecule has 0 fully saturated rings. The van der Waals surface area contributed by atoms with Gasteiger partial charge in [0.25, 0.3) is 0 Å². The molecule has 100 valence electrons. The molecule has 0 saturated carbocycles. The third kappa shape index (κ3) is 3.82. The molecule has 0 aliphatic carbocycles. The first-order valence-corrected chi connectivity index (χ1v) is 6.93. The predicted octanol–water partition coefficient (Wildman–Crippen LogP) is 4.12. The Morgan fingerprint density at radius 2 is 1.89 bits per heavy atom. The van der Waals surface area contributed by atoms with E-state index in [-0.39, 0.29) is 5.97 Å². The lowest BCUT2D eigenvalue weighted by molar-refractivity contribution is -0.143. The van der Waals surface area contributed by atoms with Gasteiger partial charge in [-0.1, -0.05) is 55.8 Å². The molecular weight excluding hydrogens is 236 g/mol. The molecule has 2 rings (SSSR count). The van der Waals surface area contributed by atoms with Gasteiger partial charge in [0.05, 0.1) is 6.61 Å². The van der Waals surface area contributed by atoms with E-state index in [0.717, 1.165) is 19.3 Å². The molecule has 0 unspecified atom stereocenters. The minimum Gasteiger partial charge on any atom is -0.465 e. The monoisotopic (exact) mass is 256 g/mol. The molecule has 2 heteroatoms. The zero-order valence-electron chi connectivity index (χ0n) is 11.4. The van der Waals surface area contributed by atoms with Crippen LogP contribution in [-0.4, -0.2) is 12.6 Å². The van der Waals surface area contributed by atoms with Crippen molar-refractivity contribution in [1.29, 1.82) is 0 Å². The van der Waals surface area contributed by atoms with E-state index in [9.17, 15) is 4.79 Å². The van der Waals surface area contributed by atoms with Gasteiger partial charge in [0.15, 0.2) is 0 Å². The smallest absolute Gasteiger partial charge is 0.305 e. The third-order valence-corrected chi connectivity index (χ3v) is 3.25. The molecule has 0 bridgehead atoms. The van der Waals surface area contributed by atoms with E-state index in [0.29, 0.717) is 13.0 Å². The van der Waals surface area contributed by atoms with E-state index in [2.05, 4.69) is 37.3 Å². The molecular formula is C17H20O2. The van der Waals surface area contributed by atoms with Gasteiger partial charge in [-0.15, -0.1) is 0 Å². The normalized spacial score (nSPS) is 10.6. The van der Waals surface area contributed by atoms with Crippen LogP contribution in [0.3, 0.4) is 0 Å². The van der Waals surface area contributed by atoms with Gasteiger partial charge in [0.1, 0.15) is 0 Å². The lowest BCUT2D eigenvalue weighted by Crippen LogP contribution is -2.07. The summed E-state index contributed by atoms with van der Waals surface area (Å²) in [5, 5.41) is 2.48. The number of rotatable bonds is 6. The highest BCUT2D eigenvalue weighted by Gasteiger charge is 2.04. The number of carbonyl (C=O) groups excluding carboxylic acids is 1. The highest BCUT2D eigenvalue weighted by molar-refractivity contribution is 5.85. The average molecular weight is 256 g/mol. The van der Waals surface area contributed by atoms with Gasteiger partial charge in [0, 0.05) is 12.8 Å². The van der Waals surface area contributed by atoms with Gasteiger partial charge in [-0.2, -0.15) is 0 Å². The second-order valence-corrected chi connectivity index (χ2v) is 4.71. The zero-order valence-corrected chi connectivity index (χ0v) is 11.4. The maximum atomic E-state index is 11.4. The first-order chi connectivity index (χ1) is 9.31. The number of benzene rings is 2. The Balaban J connectivity index is 1.93. The quantitative estimate of drug-likeness (QED) is 0.727. The summed E-state index contributed by atoms with van der Waals surface area (Å²) in [5.41, 5.74) is 1.24. The number of carbonyl (C=O) groups is 1. The van der Waals surface area contributed by atoms with E-state index < -0.39 is 0 Å². The van der Waals surface area contributed by atoms with Crippen LogP contribution in [0, 0.1) is 0 Å². The van der Waals surface area contributed by atoms with E-state index >= 15 is 0 Å². The van der Waals surface area contributed by atoms with Crippen molar-refractivity contribution in [3.8, 4) is 0 Å². The summed E-state index contributed by atoms with van der Waals surface area (Å²) in [6.45, 7) is 2.54. The zero-order chi connectivity index (χ0) is 13.5. The van der Waals surface area contributed by atoms with Crippen LogP contribution in [0.4, 0.5) is 0 Å². The van der Waals surface area contributed by atoms with Gasteiger partial charge in [0.2, 0.25) is 0 Å². The molecule has 2 aromatic rings. The Morgan fingerprint density at radius 3 is 2.74 bits per heavy atom. The maximum Gasteiger partial charge on any atom is 0.305 e. The Morgan fingerprint density at radius 1 is 1.11 bits per heavy atom. The van der Waals surface area contributed by atoms with E-state index in [4.69, 9.17) is 4.74 Å². The second kappa shape index (κ2) is 6.93. The minimum absolute atomic E-state index is 0.0814. The largest absolute Gasteiger partial charge is 0.465 e. The summed E-state index contributed by atoms with van der Waals surface area (Å²) in [6, 6.07) is 14.6. The molecule has 0 aromatic heterocycles. The third-order valence-electron chi connectivity index (χ3n) is 3.25. The molecule has 19 heavy (non-hydrogen) atoms.